The third kappa shape index (κ3) is 4.79. The van der Waals surface area contributed by atoms with Gasteiger partial charge in [-0.1, -0.05) is 6.92 Å². The number of hydrogen-bond donors (Lipinski definition) is 3. The number of carboxylic acids is 1. The number of ether oxygens (including phenoxy) is 1. The molecular weight excluding hydrogens is 260 g/mol. The molecule has 1 aromatic rings. The Hall–Kier alpha value is -2.24. The molecule has 1 amide bonds. The van der Waals surface area contributed by atoms with Gasteiger partial charge < -0.3 is 20.9 Å². The van der Waals surface area contributed by atoms with Crippen molar-refractivity contribution in [2.75, 3.05) is 19.4 Å². The number of carboxylic acid groups (broad SMARTS) is 1. The molecule has 6 nitrogen and oxygen atoms in total. The van der Waals surface area contributed by atoms with Crippen LogP contribution in [0.2, 0.25) is 0 Å². The maximum absolute atomic E-state index is 12.0. The average molecular weight is 280 g/mol. The van der Waals surface area contributed by atoms with Crippen molar-refractivity contribution in [2.45, 2.75) is 19.8 Å². The monoisotopic (exact) mass is 280 g/mol. The Labute approximate surface area is 117 Å². The van der Waals surface area contributed by atoms with Gasteiger partial charge in [-0.3, -0.25) is 9.59 Å². The van der Waals surface area contributed by atoms with E-state index in [9.17, 15) is 9.59 Å². The molecule has 0 aromatic heterocycles. The molecule has 0 aliphatic carbocycles. The van der Waals surface area contributed by atoms with Crippen LogP contribution in [0.5, 0.6) is 5.75 Å². The van der Waals surface area contributed by atoms with Gasteiger partial charge in [-0.05, 0) is 24.5 Å². The molecule has 20 heavy (non-hydrogen) atoms. The molecular formula is C14H20N2O4. The standard InChI is InChI=1S/C14H20N2O4/c1-9(3-6-13(17)18)8-16-14(19)11-5-4-10(15)7-12(11)20-2/h4-5,7,9H,3,6,8,15H2,1-2H3,(H,16,19)(H,17,18). The number of carbonyl (C=O) groups excluding carboxylic acids is 1. The van der Waals surface area contributed by atoms with E-state index in [4.69, 9.17) is 15.6 Å². The summed E-state index contributed by atoms with van der Waals surface area (Å²) >= 11 is 0. The van der Waals surface area contributed by atoms with Gasteiger partial charge in [0.05, 0.1) is 12.7 Å². The number of carbonyl (C=O) groups is 2. The van der Waals surface area contributed by atoms with Crippen molar-refractivity contribution >= 4 is 17.6 Å². The highest BCUT2D eigenvalue weighted by Crippen LogP contribution is 2.21. The number of aliphatic carboxylic acids is 1. The van der Waals surface area contributed by atoms with Crippen LogP contribution < -0.4 is 15.8 Å². The number of hydrogen-bond acceptors (Lipinski definition) is 4. The van der Waals surface area contributed by atoms with E-state index in [1.807, 2.05) is 6.92 Å². The van der Waals surface area contributed by atoms with Crippen LogP contribution in [0.25, 0.3) is 0 Å². The minimum atomic E-state index is -0.830. The highest BCUT2D eigenvalue weighted by Gasteiger charge is 2.13. The molecule has 1 aromatic carbocycles. The molecule has 1 unspecified atom stereocenters. The van der Waals surface area contributed by atoms with Crippen LogP contribution in [-0.4, -0.2) is 30.6 Å². The number of nitrogens with one attached hydrogen (secondary N) is 1. The fourth-order valence-electron chi connectivity index (χ4n) is 1.73. The first kappa shape index (κ1) is 15.8. The van der Waals surface area contributed by atoms with Crippen molar-refractivity contribution in [3.63, 3.8) is 0 Å². The van der Waals surface area contributed by atoms with E-state index in [-0.39, 0.29) is 18.2 Å². The second-order valence-electron chi connectivity index (χ2n) is 4.71. The fourth-order valence-corrected chi connectivity index (χ4v) is 1.73. The van der Waals surface area contributed by atoms with Crippen LogP contribution in [0.4, 0.5) is 5.69 Å². The van der Waals surface area contributed by atoms with E-state index in [1.165, 1.54) is 7.11 Å². The molecule has 0 heterocycles. The number of amides is 1. The molecule has 0 radical (unpaired) electrons. The number of methoxy groups -OCH3 is 1. The fraction of sp³-hybridized carbons (Fsp3) is 0.429. The van der Waals surface area contributed by atoms with Crippen molar-refractivity contribution in [3.05, 3.63) is 23.8 Å². The number of anilines is 1. The molecule has 0 spiro atoms. The van der Waals surface area contributed by atoms with Gasteiger partial charge in [0.25, 0.3) is 5.91 Å². The van der Waals surface area contributed by atoms with Crippen molar-refractivity contribution in [1.29, 1.82) is 0 Å². The zero-order valence-corrected chi connectivity index (χ0v) is 11.7. The smallest absolute Gasteiger partial charge is 0.303 e. The molecule has 0 bridgehead atoms. The number of benzene rings is 1. The predicted molar refractivity (Wildman–Crippen MR) is 75.8 cm³/mol. The summed E-state index contributed by atoms with van der Waals surface area (Å²) in [7, 11) is 1.47. The zero-order chi connectivity index (χ0) is 15.1. The highest BCUT2D eigenvalue weighted by atomic mass is 16.5. The maximum Gasteiger partial charge on any atom is 0.303 e. The number of rotatable bonds is 7. The summed E-state index contributed by atoms with van der Waals surface area (Å²) in [5.41, 5.74) is 6.56. The van der Waals surface area contributed by atoms with Gasteiger partial charge in [-0.2, -0.15) is 0 Å². The summed E-state index contributed by atoms with van der Waals surface area (Å²) in [6.45, 7) is 2.31. The molecule has 1 rings (SSSR count). The lowest BCUT2D eigenvalue weighted by Crippen LogP contribution is -2.28. The van der Waals surface area contributed by atoms with Gasteiger partial charge in [0.15, 0.2) is 0 Å². The number of nitrogen functional groups attached to an aromatic ring is 1. The van der Waals surface area contributed by atoms with E-state index in [0.29, 0.717) is 30.0 Å². The van der Waals surface area contributed by atoms with Crippen LogP contribution in [0.3, 0.4) is 0 Å². The summed E-state index contributed by atoms with van der Waals surface area (Å²) in [6.07, 6.45) is 0.622. The molecule has 6 heteroatoms. The van der Waals surface area contributed by atoms with Crippen LogP contribution >= 0.6 is 0 Å². The van der Waals surface area contributed by atoms with Crippen LogP contribution in [0.1, 0.15) is 30.1 Å². The minimum Gasteiger partial charge on any atom is -0.496 e. The Morgan fingerprint density at radius 2 is 2.15 bits per heavy atom. The lowest BCUT2D eigenvalue weighted by Gasteiger charge is -2.13. The summed E-state index contributed by atoms with van der Waals surface area (Å²) < 4.78 is 5.11. The second kappa shape index (κ2) is 7.37. The first-order valence-corrected chi connectivity index (χ1v) is 6.37. The van der Waals surface area contributed by atoms with E-state index in [2.05, 4.69) is 5.32 Å². The van der Waals surface area contributed by atoms with Gasteiger partial charge in [0, 0.05) is 24.7 Å². The SMILES string of the molecule is COc1cc(N)ccc1C(=O)NCC(C)CCC(=O)O. The van der Waals surface area contributed by atoms with E-state index < -0.39 is 5.97 Å². The molecule has 0 saturated carbocycles. The van der Waals surface area contributed by atoms with Crippen molar-refractivity contribution in [2.24, 2.45) is 5.92 Å². The quantitative estimate of drug-likeness (QED) is 0.657. The third-order valence-electron chi connectivity index (χ3n) is 2.93. The van der Waals surface area contributed by atoms with Gasteiger partial charge in [0.1, 0.15) is 5.75 Å². The summed E-state index contributed by atoms with van der Waals surface area (Å²) in [6, 6.07) is 4.82. The summed E-state index contributed by atoms with van der Waals surface area (Å²) in [5.74, 6) is -0.581. The average Bonchev–Trinajstić information content (AvgIpc) is 2.42. The molecule has 0 fully saturated rings. The zero-order valence-electron chi connectivity index (χ0n) is 11.7. The second-order valence-corrected chi connectivity index (χ2v) is 4.71. The van der Waals surface area contributed by atoms with Crippen molar-refractivity contribution < 1.29 is 19.4 Å². The normalized spacial score (nSPS) is 11.7. The molecule has 1 atom stereocenters. The summed E-state index contributed by atoms with van der Waals surface area (Å²) in [5, 5.41) is 11.4. The molecule has 0 aliphatic rings. The van der Waals surface area contributed by atoms with Gasteiger partial charge in [-0.15, -0.1) is 0 Å². The van der Waals surface area contributed by atoms with Crippen molar-refractivity contribution in [3.8, 4) is 5.75 Å². The molecule has 4 N–H and O–H groups in total. The predicted octanol–water partition coefficient (Wildman–Crippen LogP) is 1.51. The van der Waals surface area contributed by atoms with Crippen LogP contribution in [0, 0.1) is 5.92 Å². The lowest BCUT2D eigenvalue weighted by molar-refractivity contribution is -0.137. The van der Waals surface area contributed by atoms with Crippen molar-refractivity contribution in [1.82, 2.24) is 5.32 Å². The molecule has 110 valence electrons. The van der Waals surface area contributed by atoms with Gasteiger partial charge in [0.2, 0.25) is 0 Å². The third-order valence-corrected chi connectivity index (χ3v) is 2.93. The Bertz CT molecular complexity index is 488. The number of nitrogens with two attached hydrogens (primary N) is 1. The maximum atomic E-state index is 12.0. The lowest BCUT2D eigenvalue weighted by atomic mass is 10.1. The van der Waals surface area contributed by atoms with Crippen LogP contribution in [-0.2, 0) is 4.79 Å². The Kier molecular flexibility index (Phi) is 5.83. The first-order valence-electron chi connectivity index (χ1n) is 6.37. The van der Waals surface area contributed by atoms with E-state index >= 15 is 0 Å². The largest absolute Gasteiger partial charge is 0.496 e. The first-order chi connectivity index (χ1) is 9.43. The molecule has 0 aliphatic heterocycles. The topological polar surface area (TPSA) is 102 Å². The van der Waals surface area contributed by atoms with Crippen LogP contribution in [0.15, 0.2) is 18.2 Å². The Morgan fingerprint density at radius 1 is 1.45 bits per heavy atom. The van der Waals surface area contributed by atoms with Gasteiger partial charge in [-0.25, -0.2) is 0 Å². The highest BCUT2D eigenvalue weighted by molar-refractivity contribution is 5.97. The van der Waals surface area contributed by atoms with E-state index in [0.717, 1.165) is 0 Å². The minimum absolute atomic E-state index is 0.0924. The molecule has 0 saturated heterocycles. The Morgan fingerprint density at radius 3 is 2.75 bits per heavy atom. The van der Waals surface area contributed by atoms with Gasteiger partial charge >= 0.3 is 5.97 Å². The van der Waals surface area contributed by atoms with E-state index in [1.54, 1.807) is 18.2 Å². The Balaban J connectivity index is 2.56. The summed E-state index contributed by atoms with van der Waals surface area (Å²) in [4.78, 5) is 22.5.